The molecule has 0 saturated heterocycles. The molecule has 0 atom stereocenters. The number of carboxylic acids is 1. The highest BCUT2D eigenvalue weighted by atomic mass is 16.4. The van der Waals surface area contributed by atoms with Crippen molar-refractivity contribution < 1.29 is 15.0 Å². The molecule has 0 unspecified atom stereocenters. The summed E-state index contributed by atoms with van der Waals surface area (Å²) in [5, 5.41) is 20.0. The lowest BCUT2D eigenvalue weighted by Crippen LogP contribution is -1.95. The van der Waals surface area contributed by atoms with Gasteiger partial charge < -0.3 is 10.2 Å². The Morgan fingerprint density at radius 1 is 0.810 bits per heavy atom. The van der Waals surface area contributed by atoms with E-state index in [1.54, 1.807) is 12.1 Å². The molecule has 0 radical (unpaired) electrons. The van der Waals surface area contributed by atoms with E-state index in [1.165, 1.54) is 0 Å². The summed E-state index contributed by atoms with van der Waals surface area (Å²) < 4.78 is 0. The molecule has 3 aromatic rings. The maximum atomic E-state index is 11.0. The first-order valence-electron chi connectivity index (χ1n) is 6.64. The minimum atomic E-state index is -0.916. The number of rotatable bonds is 3. The Balaban J connectivity index is 2.04. The number of fused-ring (bicyclic) bond motifs is 1. The number of hydrogen-bond donors (Lipinski definition) is 2. The minimum absolute atomic E-state index is 0.0377. The predicted octanol–water partition coefficient (Wildman–Crippen LogP) is 3.70. The third-order valence-electron chi connectivity index (χ3n) is 3.56. The van der Waals surface area contributed by atoms with E-state index in [2.05, 4.69) is 0 Å². The topological polar surface area (TPSA) is 57.5 Å². The molecule has 0 aliphatic carbocycles. The SMILES string of the molecule is O=C(O)c1ccc2cc(-c3ccc(CO)cc3)ccc2c1. The van der Waals surface area contributed by atoms with Crippen molar-refractivity contribution >= 4 is 16.7 Å². The Bertz CT molecular complexity index is 804. The summed E-state index contributed by atoms with van der Waals surface area (Å²) in [5.74, 6) is -0.916. The van der Waals surface area contributed by atoms with Gasteiger partial charge in [0.05, 0.1) is 12.2 Å². The molecule has 0 saturated carbocycles. The standard InChI is InChI=1S/C18H14O3/c19-11-12-1-3-13(4-2-12)14-5-6-16-10-17(18(20)21)8-7-15(16)9-14/h1-10,19H,11H2,(H,20,21). The average Bonchev–Trinajstić information content (AvgIpc) is 2.54. The van der Waals surface area contributed by atoms with Crippen molar-refractivity contribution in [3.63, 3.8) is 0 Å². The van der Waals surface area contributed by atoms with Gasteiger partial charge in [-0.05, 0) is 45.7 Å². The van der Waals surface area contributed by atoms with Crippen molar-refractivity contribution in [2.45, 2.75) is 6.61 Å². The Hall–Kier alpha value is -2.65. The van der Waals surface area contributed by atoms with Crippen molar-refractivity contribution in [2.75, 3.05) is 0 Å². The second-order valence-corrected chi connectivity index (χ2v) is 4.94. The molecular formula is C18H14O3. The molecule has 104 valence electrons. The van der Waals surface area contributed by atoms with E-state index in [-0.39, 0.29) is 6.61 Å². The van der Waals surface area contributed by atoms with Crippen molar-refractivity contribution in [3.05, 3.63) is 71.8 Å². The highest BCUT2D eigenvalue weighted by molar-refractivity contribution is 5.95. The van der Waals surface area contributed by atoms with Crippen LogP contribution in [0.15, 0.2) is 60.7 Å². The van der Waals surface area contributed by atoms with Gasteiger partial charge in [0.1, 0.15) is 0 Å². The molecule has 0 aliphatic rings. The van der Waals surface area contributed by atoms with Crippen LogP contribution >= 0.6 is 0 Å². The molecule has 0 amide bonds. The summed E-state index contributed by atoms with van der Waals surface area (Å²) in [5.41, 5.74) is 3.31. The van der Waals surface area contributed by atoms with Gasteiger partial charge in [-0.3, -0.25) is 0 Å². The molecule has 0 fully saturated rings. The number of benzene rings is 3. The second-order valence-electron chi connectivity index (χ2n) is 4.94. The van der Waals surface area contributed by atoms with Crippen LogP contribution in [0.5, 0.6) is 0 Å². The Labute approximate surface area is 122 Å². The van der Waals surface area contributed by atoms with Gasteiger partial charge in [-0.15, -0.1) is 0 Å². The zero-order valence-electron chi connectivity index (χ0n) is 11.3. The van der Waals surface area contributed by atoms with E-state index in [0.29, 0.717) is 5.56 Å². The van der Waals surface area contributed by atoms with Crippen LogP contribution in [0.4, 0.5) is 0 Å². The highest BCUT2D eigenvalue weighted by Gasteiger charge is 2.05. The first kappa shape index (κ1) is 13.3. The molecule has 0 heterocycles. The number of aromatic carboxylic acids is 1. The van der Waals surface area contributed by atoms with Crippen molar-refractivity contribution in [1.29, 1.82) is 0 Å². The van der Waals surface area contributed by atoms with Gasteiger partial charge in [-0.2, -0.15) is 0 Å². The van der Waals surface area contributed by atoms with Gasteiger partial charge in [0, 0.05) is 0 Å². The predicted molar refractivity (Wildman–Crippen MR) is 82.3 cm³/mol. The molecule has 3 aromatic carbocycles. The van der Waals surface area contributed by atoms with Crippen molar-refractivity contribution in [1.82, 2.24) is 0 Å². The van der Waals surface area contributed by atoms with Crippen LogP contribution in [-0.2, 0) is 6.61 Å². The van der Waals surface area contributed by atoms with Crippen LogP contribution in [0.3, 0.4) is 0 Å². The average molecular weight is 278 g/mol. The number of carboxylic acid groups (broad SMARTS) is 1. The number of aliphatic hydroxyl groups excluding tert-OH is 1. The molecular weight excluding hydrogens is 264 g/mol. The largest absolute Gasteiger partial charge is 0.478 e. The molecule has 3 heteroatoms. The lowest BCUT2D eigenvalue weighted by atomic mass is 9.99. The van der Waals surface area contributed by atoms with E-state index in [9.17, 15) is 4.79 Å². The van der Waals surface area contributed by atoms with E-state index >= 15 is 0 Å². The Morgan fingerprint density at radius 3 is 2.10 bits per heavy atom. The first-order valence-corrected chi connectivity index (χ1v) is 6.64. The Morgan fingerprint density at radius 2 is 1.43 bits per heavy atom. The van der Waals surface area contributed by atoms with E-state index < -0.39 is 5.97 Å². The Kier molecular flexibility index (Phi) is 3.42. The second kappa shape index (κ2) is 5.38. The zero-order chi connectivity index (χ0) is 14.8. The number of aliphatic hydroxyl groups is 1. The van der Waals surface area contributed by atoms with E-state index in [0.717, 1.165) is 27.5 Å². The quantitative estimate of drug-likeness (QED) is 0.768. The van der Waals surface area contributed by atoms with Crippen LogP contribution in [0.2, 0.25) is 0 Å². The normalized spacial score (nSPS) is 10.7. The zero-order valence-corrected chi connectivity index (χ0v) is 11.3. The van der Waals surface area contributed by atoms with Gasteiger partial charge in [-0.25, -0.2) is 4.79 Å². The number of carbonyl (C=O) groups is 1. The summed E-state index contributed by atoms with van der Waals surface area (Å²) in [6.07, 6.45) is 0. The molecule has 21 heavy (non-hydrogen) atoms. The summed E-state index contributed by atoms with van der Waals surface area (Å²) >= 11 is 0. The lowest BCUT2D eigenvalue weighted by Gasteiger charge is -2.06. The molecule has 3 nitrogen and oxygen atoms in total. The summed E-state index contributed by atoms with van der Waals surface area (Å²) in [6, 6.07) is 18.8. The molecule has 0 spiro atoms. The van der Waals surface area contributed by atoms with Gasteiger partial charge in [0.25, 0.3) is 0 Å². The van der Waals surface area contributed by atoms with Crippen LogP contribution in [-0.4, -0.2) is 16.2 Å². The highest BCUT2D eigenvalue weighted by Crippen LogP contribution is 2.25. The van der Waals surface area contributed by atoms with E-state index in [4.69, 9.17) is 10.2 Å². The van der Waals surface area contributed by atoms with Crippen molar-refractivity contribution in [2.24, 2.45) is 0 Å². The monoisotopic (exact) mass is 278 g/mol. The maximum Gasteiger partial charge on any atom is 0.335 e. The lowest BCUT2D eigenvalue weighted by molar-refractivity contribution is 0.0697. The van der Waals surface area contributed by atoms with Gasteiger partial charge >= 0.3 is 5.97 Å². The van der Waals surface area contributed by atoms with Gasteiger partial charge in [-0.1, -0.05) is 42.5 Å². The fourth-order valence-electron chi connectivity index (χ4n) is 2.36. The van der Waals surface area contributed by atoms with Gasteiger partial charge in [0.15, 0.2) is 0 Å². The van der Waals surface area contributed by atoms with Crippen LogP contribution < -0.4 is 0 Å². The van der Waals surface area contributed by atoms with Crippen LogP contribution in [0.1, 0.15) is 15.9 Å². The minimum Gasteiger partial charge on any atom is -0.478 e. The van der Waals surface area contributed by atoms with Crippen LogP contribution in [0, 0.1) is 0 Å². The van der Waals surface area contributed by atoms with Crippen molar-refractivity contribution in [3.8, 4) is 11.1 Å². The summed E-state index contributed by atoms with van der Waals surface area (Å²) in [7, 11) is 0. The van der Waals surface area contributed by atoms with E-state index in [1.807, 2.05) is 48.5 Å². The molecule has 0 aromatic heterocycles. The molecule has 0 bridgehead atoms. The molecule has 2 N–H and O–H groups in total. The fraction of sp³-hybridized carbons (Fsp3) is 0.0556. The third-order valence-corrected chi connectivity index (χ3v) is 3.56. The van der Waals surface area contributed by atoms with Gasteiger partial charge in [0.2, 0.25) is 0 Å². The third kappa shape index (κ3) is 2.64. The van der Waals surface area contributed by atoms with Crippen LogP contribution in [0.25, 0.3) is 21.9 Å². The molecule has 0 aliphatic heterocycles. The summed E-state index contributed by atoms with van der Waals surface area (Å²) in [6.45, 7) is 0.0377. The molecule has 3 rings (SSSR count). The fourth-order valence-corrected chi connectivity index (χ4v) is 2.36. The maximum absolute atomic E-state index is 11.0. The number of hydrogen-bond acceptors (Lipinski definition) is 2. The smallest absolute Gasteiger partial charge is 0.335 e. The first-order chi connectivity index (χ1) is 10.2. The summed E-state index contributed by atoms with van der Waals surface area (Å²) in [4.78, 5) is 11.0.